The first kappa shape index (κ1) is 39.5. The van der Waals surface area contributed by atoms with Crippen molar-refractivity contribution in [2.24, 2.45) is 5.41 Å². The molecule has 3 atom stereocenters. The zero-order chi connectivity index (χ0) is 38.3. The van der Waals surface area contributed by atoms with Gasteiger partial charge in [-0.2, -0.15) is 5.26 Å². The van der Waals surface area contributed by atoms with E-state index in [1.807, 2.05) is 36.1 Å². The zero-order valence-corrected chi connectivity index (χ0v) is 32.2. The molecule has 0 saturated carbocycles. The summed E-state index contributed by atoms with van der Waals surface area (Å²) in [5.74, 6) is 0.116. The number of pyridine rings is 1. The van der Waals surface area contributed by atoms with E-state index in [1.54, 1.807) is 18.3 Å². The van der Waals surface area contributed by atoms with E-state index in [0.29, 0.717) is 54.7 Å². The number of rotatable bonds is 15. The fourth-order valence-electron chi connectivity index (χ4n) is 7.91. The molecule has 2 fully saturated rings. The number of aliphatic carboxylic acids is 1. The molecule has 0 amide bonds. The standard InChI is InChI=1S/C43H51ClN4O6/c1-30-35(27-48-18-8-7-14-37(48)41(50)51)38(52-28-32-21-31(23-45)24-46-25-32)22-39(40(30)44)53-29-43(54-20-10-17-47-19-15-34(49)26-47)16-9-13-36(42(43,2)3)33-11-5-4-6-12-33/h4-6,9,11-13,16,21-22,24-25,34,37,49H,7-8,10,14-15,17-20,26-29H2,1-3H3,(H,50,51)/t34-,37+,43?/m1/s1. The summed E-state index contributed by atoms with van der Waals surface area (Å²) in [7, 11) is 0. The summed E-state index contributed by atoms with van der Waals surface area (Å²) in [5, 5.41) is 29.9. The smallest absolute Gasteiger partial charge is 0.320 e. The second-order valence-electron chi connectivity index (χ2n) is 15.1. The van der Waals surface area contributed by atoms with Gasteiger partial charge in [-0.15, -0.1) is 0 Å². The summed E-state index contributed by atoms with van der Waals surface area (Å²) in [6.45, 7) is 10.5. The van der Waals surface area contributed by atoms with Crippen LogP contribution in [0.1, 0.15) is 73.8 Å². The molecule has 0 spiro atoms. The van der Waals surface area contributed by atoms with Crippen LogP contribution in [0.25, 0.3) is 5.57 Å². The summed E-state index contributed by atoms with van der Waals surface area (Å²) >= 11 is 7.16. The van der Waals surface area contributed by atoms with Crippen LogP contribution in [0.4, 0.5) is 0 Å². The van der Waals surface area contributed by atoms with Crippen LogP contribution in [0.5, 0.6) is 11.5 Å². The van der Waals surface area contributed by atoms with Crippen molar-refractivity contribution in [2.45, 2.75) is 83.8 Å². The Morgan fingerprint density at radius 1 is 1.09 bits per heavy atom. The van der Waals surface area contributed by atoms with Gasteiger partial charge in [0.2, 0.25) is 0 Å². The molecule has 6 rings (SSSR count). The van der Waals surface area contributed by atoms with Gasteiger partial charge in [-0.1, -0.05) is 74.4 Å². The number of carbonyl (C=O) groups is 1. The molecule has 3 aliphatic rings. The summed E-state index contributed by atoms with van der Waals surface area (Å²) in [4.78, 5) is 20.7. The van der Waals surface area contributed by atoms with Crippen molar-refractivity contribution in [3.63, 3.8) is 0 Å². The lowest BCUT2D eigenvalue weighted by Crippen LogP contribution is -2.52. The topological polar surface area (TPSA) is 128 Å². The molecule has 0 bridgehead atoms. The number of nitrogens with zero attached hydrogens (tertiary/aromatic N) is 4. The average Bonchev–Trinajstić information content (AvgIpc) is 3.60. The predicted octanol–water partition coefficient (Wildman–Crippen LogP) is 7.20. The van der Waals surface area contributed by atoms with Crippen molar-refractivity contribution in [3.8, 4) is 17.6 Å². The molecule has 0 radical (unpaired) electrons. The Hall–Kier alpha value is -4.24. The Bertz CT molecular complexity index is 1890. The first-order valence-electron chi connectivity index (χ1n) is 18.9. The number of carboxylic acids is 1. The quantitative estimate of drug-likeness (QED) is 0.154. The minimum atomic E-state index is -0.875. The number of nitriles is 1. The van der Waals surface area contributed by atoms with Crippen LogP contribution in [-0.4, -0.2) is 88.1 Å². The molecule has 3 heterocycles. The van der Waals surface area contributed by atoms with Gasteiger partial charge in [0.1, 0.15) is 42.4 Å². The number of halogens is 1. The summed E-state index contributed by atoms with van der Waals surface area (Å²) in [6, 6.07) is 15.4. The second kappa shape index (κ2) is 17.5. The van der Waals surface area contributed by atoms with Crippen LogP contribution in [-0.2, 0) is 22.7 Å². The molecule has 2 saturated heterocycles. The molecule has 2 aliphatic heterocycles. The maximum atomic E-state index is 12.2. The first-order chi connectivity index (χ1) is 26.0. The Labute approximate surface area is 323 Å². The van der Waals surface area contributed by atoms with Gasteiger partial charge < -0.3 is 29.3 Å². The molecule has 1 aliphatic carbocycles. The van der Waals surface area contributed by atoms with E-state index in [-0.39, 0.29) is 19.3 Å². The molecule has 2 aromatic carbocycles. The van der Waals surface area contributed by atoms with Crippen LogP contribution < -0.4 is 9.47 Å². The number of hydrogen-bond donors (Lipinski definition) is 2. The van der Waals surface area contributed by atoms with Crippen molar-refractivity contribution < 1.29 is 29.2 Å². The van der Waals surface area contributed by atoms with Crippen LogP contribution in [0.15, 0.2) is 73.1 Å². The number of piperidine rings is 1. The average molecular weight is 755 g/mol. The Morgan fingerprint density at radius 2 is 1.91 bits per heavy atom. The van der Waals surface area contributed by atoms with Gasteiger partial charge in [0.25, 0.3) is 0 Å². The largest absolute Gasteiger partial charge is 0.488 e. The third kappa shape index (κ3) is 8.83. The molecular formula is C43H51ClN4O6. The van der Waals surface area contributed by atoms with Crippen LogP contribution in [0, 0.1) is 23.7 Å². The lowest BCUT2D eigenvalue weighted by atomic mass is 9.65. The third-order valence-corrected chi connectivity index (χ3v) is 11.7. The number of carboxylic acid groups (broad SMARTS) is 1. The molecule has 1 aromatic heterocycles. The fraction of sp³-hybridized carbons (Fsp3) is 0.465. The number of likely N-dealkylation sites (tertiary alicyclic amines) is 2. The zero-order valence-electron chi connectivity index (χ0n) is 31.5. The molecular weight excluding hydrogens is 704 g/mol. The highest BCUT2D eigenvalue weighted by Crippen LogP contribution is 2.50. The highest BCUT2D eigenvalue weighted by atomic mass is 35.5. The lowest BCUT2D eigenvalue weighted by Gasteiger charge is -2.47. The molecule has 11 heteroatoms. The van der Waals surface area contributed by atoms with Crippen molar-refractivity contribution in [2.75, 3.05) is 39.4 Å². The van der Waals surface area contributed by atoms with E-state index in [1.165, 1.54) is 6.20 Å². The molecule has 1 unspecified atom stereocenters. The van der Waals surface area contributed by atoms with Crippen LogP contribution in [0.2, 0.25) is 5.02 Å². The Balaban J connectivity index is 1.30. The molecule has 10 nitrogen and oxygen atoms in total. The van der Waals surface area contributed by atoms with E-state index in [4.69, 9.17) is 25.8 Å². The minimum absolute atomic E-state index is 0.139. The monoisotopic (exact) mass is 754 g/mol. The first-order valence-corrected chi connectivity index (χ1v) is 19.3. The molecule has 2 N–H and O–H groups in total. The van der Waals surface area contributed by atoms with E-state index in [9.17, 15) is 20.3 Å². The Kier molecular flexibility index (Phi) is 12.8. The number of aliphatic hydroxyl groups excluding tert-OH is 1. The van der Waals surface area contributed by atoms with Crippen LogP contribution in [0.3, 0.4) is 0 Å². The SMILES string of the molecule is Cc1c(Cl)c(OCC2(OCCCN3CC[C@@H](O)C3)C=CC=C(c3ccccc3)C2(C)C)cc(OCc2cncc(C#N)c2)c1CN1CCCC[C@H]1C(=O)O. The molecule has 286 valence electrons. The van der Waals surface area contributed by atoms with E-state index < -0.39 is 23.0 Å². The van der Waals surface area contributed by atoms with Gasteiger partial charge in [0, 0.05) is 67.8 Å². The van der Waals surface area contributed by atoms with Crippen molar-refractivity contribution in [1.82, 2.24) is 14.8 Å². The number of allylic oxidation sites excluding steroid dienone is 2. The summed E-state index contributed by atoms with van der Waals surface area (Å²) in [6.07, 6.45) is 13.1. The number of aromatic nitrogens is 1. The molecule has 3 aromatic rings. The van der Waals surface area contributed by atoms with Gasteiger partial charge in [0.05, 0.1) is 16.7 Å². The van der Waals surface area contributed by atoms with Gasteiger partial charge in [-0.3, -0.25) is 14.7 Å². The number of β-amino-alcohol motifs (C(OH)–C–C–N with tert-alkyl or cyclic N) is 1. The third-order valence-electron chi connectivity index (χ3n) is 11.2. The van der Waals surface area contributed by atoms with Gasteiger partial charge >= 0.3 is 5.97 Å². The lowest BCUT2D eigenvalue weighted by molar-refractivity contribution is -0.144. The number of aliphatic hydroxyl groups is 1. The van der Waals surface area contributed by atoms with E-state index in [0.717, 1.165) is 66.6 Å². The van der Waals surface area contributed by atoms with E-state index in [2.05, 4.69) is 54.1 Å². The van der Waals surface area contributed by atoms with Gasteiger partial charge in [-0.25, -0.2) is 0 Å². The van der Waals surface area contributed by atoms with Crippen LogP contribution >= 0.6 is 11.6 Å². The number of hydrogen-bond acceptors (Lipinski definition) is 9. The number of ether oxygens (including phenoxy) is 3. The molecule has 54 heavy (non-hydrogen) atoms. The second-order valence-corrected chi connectivity index (χ2v) is 15.5. The highest BCUT2D eigenvalue weighted by molar-refractivity contribution is 6.33. The van der Waals surface area contributed by atoms with Crippen molar-refractivity contribution in [1.29, 1.82) is 5.26 Å². The van der Waals surface area contributed by atoms with Crippen molar-refractivity contribution in [3.05, 3.63) is 106 Å². The normalized spacial score (nSPS) is 22.8. The maximum absolute atomic E-state index is 12.2. The Morgan fingerprint density at radius 3 is 2.65 bits per heavy atom. The van der Waals surface area contributed by atoms with Gasteiger partial charge in [0.15, 0.2) is 0 Å². The number of benzene rings is 2. The minimum Gasteiger partial charge on any atom is -0.488 e. The fourth-order valence-corrected chi connectivity index (χ4v) is 8.14. The maximum Gasteiger partial charge on any atom is 0.320 e. The van der Waals surface area contributed by atoms with E-state index >= 15 is 0 Å². The van der Waals surface area contributed by atoms with Crippen molar-refractivity contribution >= 4 is 23.1 Å². The highest BCUT2D eigenvalue weighted by Gasteiger charge is 2.49. The van der Waals surface area contributed by atoms with Gasteiger partial charge in [-0.05, 0) is 68.0 Å². The summed E-state index contributed by atoms with van der Waals surface area (Å²) in [5.41, 5.74) is 3.52. The predicted molar refractivity (Wildman–Crippen MR) is 208 cm³/mol. The summed E-state index contributed by atoms with van der Waals surface area (Å²) < 4.78 is 20.1.